The van der Waals surface area contributed by atoms with Crippen molar-refractivity contribution in [3.8, 4) is 0 Å². The molecular weight excluding hydrogens is 686 g/mol. The van der Waals surface area contributed by atoms with Crippen molar-refractivity contribution >= 4 is 17.9 Å². The summed E-state index contributed by atoms with van der Waals surface area (Å²) in [6.45, 7) is 3.07. The van der Waals surface area contributed by atoms with E-state index in [1.54, 1.807) is 44.6 Å². The van der Waals surface area contributed by atoms with Crippen molar-refractivity contribution in [3.63, 3.8) is 0 Å². The molecule has 8 rings (SSSR count). The Balaban J connectivity index is 1.49. The van der Waals surface area contributed by atoms with Crippen LogP contribution in [0.4, 0.5) is 0 Å². The zero-order valence-corrected chi connectivity index (χ0v) is 31.1. The van der Waals surface area contributed by atoms with Gasteiger partial charge in [0.05, 0.1) is 30.8 Å². The molecule has 7 aliphatic rings. The summed E-state index contributed by atoms with van der Waals surface area (Å²) in [5.74, 6) is -5.24. The predicted molar refractivity (Wildman–Crippen MR) is 186 cm³/mol. The Morgan fingerprint density at radius 2 is 1.74 bits per heavy atom. The maximum absolute atomic E-state index is 14.3. The van der Waals surface area contributed by atoms with Crippen LogP contribution in [-0.2, 0) is 33.3 Å². The minimum Gasteiger partial charge on any atom is -0.481 e. The number of carbonyl (C=O) groups excluding carboxylic acids is 2. The second-order valence-corrected chi connectivity index (χ2v) is 17.2. The van der Waals surface area contributed by atoms with Crippen molar-refractivity contribution in [1.82, 2.24) is 4.90 Å². The standard InChI is InChI=1S/C40H55NO12/c1-5-41-20-37(21-49-2)24(42)17-25(50-3)39-23-18-38(48)32(52-34(47)22-13-9-8-10-14-22)28(23)40(31(46)33(38)51-4)29(30(39)41)36(35(37)39,19-26(43)44)16-12-7-6-11-15-27(45)53-40/h8-10,13-14,23-25,28-33,35,42,46,48H,5-7,11-12,15-21H2,1-4H3,(H,43,44). The van der Waals surface area contributed by atoms with Crippen molar-refractivity contribution in [2.24, 2.45) is 39.9 Å². The molecule has 1 aromatic rings. The Hall–Kier alpha value is -2.65. The number of carboxylic acids is 1. The molecule has 0 radical (unpaired) electrons. The maximum atomic E-state index is 14.3. The van der Waals surface area contributed by atoms with E-state index < -0.39 is 106 Å². The summed E-state index contributed by atoms with van der Waals surface area (Å²) in [5, 5.41) is 49.6. The molecular formula is C40H55NO12. The molecule has 13 heteroatoms. The number of nitrogens with zero attached hydrogens (tertiary/aromatic N) is 1. The number of aliphatic carboxylic acids is 1. The van der Waals surface area contributed by atoms with Gasteiger partial charge in [-0.3, -0.25) is 14.5 Å². The summed E-state index contributed by atoms with van der Waals surface area (Å²) < 4.78 is 31.9. The molecule has 15 unspecified atom stereocenters. The summed E-state index contributed by atoms with van der Waals surface area (Å²) in [4.78, 5) is 44.1. The number of esters is 2. The number of ether oxygens (including phenoxy) is 5. The lowest BCUT2D eigenvalue weighted by molar-refractivity contribution is -0.323. The third-order valence-corrected chi connectivity index (χ3v) is 15.5. The zero-order chi connectivity index (χ0) is 37.7. The highest BCUT2D eigenvalue weighted by molar-refractivity contribution is 5.89. The van der Waals surface area contributed by atoms with Crippen molar-refractivity contribution < 1.29 is 58.5 Å². The number of rotatable bonds is 9. The number of carbonyl (C=O) groups is 3. The molecule has 15 atom stereocenters. The van der Waals surface area contributed by atoms with Crippen LogP contribution >= 0.6 is 0 Å². The van der Waals surface area contributed by atoms with Gasteiger partial charge in [-0.05, 0) is 55.2 Å². The number of carboxylic acid groups (broad SMARTS) is 1. The Labute approximate surface area is 310 Å². The van der Waals surface area contributed by atoms with Gasteiger partial charge >= 0.3 is 17.9 Å². The molecule has 2 saturated heterocycles. The van der Waals surface area contributed by atoms with E-state index in [2.05, 4.69) is 4.90 Å². The van der Waals surface area contributed by atoms with Gasteiger partial charge in [0.1, 0.15) is 23.9 Å². The van der Waals surface area contributed by atoms with Crippen LogP contribution < -0.4 is 0 Å². The number of aliphatic hydroxyl groups is 3. The quantitative estimate of drug-likeness (QED) is 0.271. The fourth-order valence-electron chi connectivity index (χ4n) is 14.6. The van der Waals surface area contributed by atoms with Gasteiger partial charge < -0.3 is 44.1 Å². The molecule has 2 heterocycles. The number of aliphatic hydroxyl groups excluding tert-OH is 2. The number of likely N-dealkylation sites (tertiary alicyclic amines) is 1. The highest BCUT2D eigenvalue weighted by atomic mass is 16.6. The Morgan fingerprint density at radius 1 is 1.00 bits per heavy atom. The number of hydrogen-bond donors (Lipinski definition) is 4. The van der Waals surface area contributed by atoms with Gasteiger partial charge in [-0.1, -0.05) is 44.4 Å². The second-order valence-electron chi connectivity index (χ2n) is 17.2. The van der Waals surface area contributed by atoms with Crippen molar-refractivity contribution in [1.29, 1.82) is 0 Å². The Bertz CT molecular complexity index is 1610. The third kappa shape index (κ3) is 4.58. The molecule has 53 heavy (non-hydrogen) atoms. The van der Waals surface area contributed by atoms with E-state index in [1.807, 2.05) is 6.92 Å². The van der Waals surface area contributed by atoms with Crippen LogP contribution in [0.3, 0.4) is 0 Å². The van der Waals surface area contributed by atoms with Crippen LogP contribution in [0, 0.1) is 39.9 Å². The van der Waals surface area contributed by atoms with E-state index in [1.165, 1.54) is 7.11 Å². The first kappa shape index (κ1) is 37.3. The lowest BCUT2D eigenvalue weighted by Gasteiger charge is -2.70. The minimum atomic E-state index is -1.92. The summed E-state index contributed by atoms with van der Waals surface area (Å²) in [7, 11) is 4.59. The molecule has 0 aromatic heterocycles. The summed E-state index contributed by atoms with van der Waals surface area (Å²) in [6, 6.07) is 7.97. The molecule has 7 bridgehead atoms. The molecule has 2 aliphatic heterocycles. The Kier molecular flexibility index (Phi) is 9.12. The predicted octanol–water partition coefficient (Wildman–Crippen LogP) is 2.43. The molecule has 5 saturated carbocycles. The zero-order valence-electron chi connectivity index (χ0n) is 31.1. The minimum absolute atomic E-state index is 0.00128. The van der Waals surface area contributed by atoms with Crippen molar-refractivity contribution in [2.45, 2.75) is 112 Å². The van der Waals surface area contributed by atoms with Crippen LogP contribution in [0.1, 0.15) is 75.1 Å². The van der Waals surface area contributed by atoms with Gasteiger partial charge in [-0.2, -0.15) is 0 Å². The average Bonchev–Trinajstić information content (AvgIpc) is 3.47. The normalized spacial score (nSPS) is 48.4. The largest absolute Gasteiger partial charge is 0.481 e. The molecule has 2 spiro atoms. The van der Waals surface area contributed by atoms with Crippen LogP contribution in [0.2, 0.25) is 0 Å². The molecule has 292 valence electrons. The first-order chi connectivity index (χ1) is 25.4. The van der Waals surface area contributed by atoms with Gasteiger partial charge in [0.2, 0.25) is 0 Å². The monoisotopic (exact) mass is 741 g/mol. The maximum Gasteiger partial charge on any atom is 0.338 e. The Morgan fingerprint density at radius 3 is 2.40 bits per heavy atom. The van der Waals surface area contributed by atoms with Crippen LogP contribution in [0.25, 0.3) is 0 Å². The summed E-state index contributed by atoms with van der Waals surface area (Å²) in [6.07, 6.45) is -2.69. The van der Waals surface area contributed by atoms with E-state index in [0.29, 0.717) is 32.4 Å². The topological polar surface area (TPSA) is 182 Å². The van der Waals surface area contributed by atoms with Gasteiger partial charge in [-0.25, -0.2) is 4.79 Å². The fraction of sp³-hybridized carbons (Fsp3) is 0.775. The number of benzene rings is 1. The van der Waals surface area contributed by atoms with Crippen LogP contribution in [0.5, 0.6) is 0 Å². The number of piperidine rings is 1. The van der Waals surface area contributed by atoms with Gasteiger partial charge in [0.25, 0.3) is 0 Å². The number of hydrogen-bond acceptors (Lipinski definition) is 12. The molecule has 13 nitrogen and oxygen atoms in total. The van der Waals surface area contributed by atoms with E-state index in [-0.39, 0.29) is 37.9 Å². The SMILES string of the molecule is CCN1CC2(COC)C(O)CC(OC)C34C5CC6(O)C(OC)C(O)C7(OC(=O)CCCCCCC(CC(=O)O)(C7C13)C24)C5C6OC(=O)c1ccccc1. The van der Waals surface area contributed by atoms with Crippen molar-refractivity contribution in [2.75, 3.05) is 41.0 Å². The summed E-state index contributed by atoms with van der Waals surface area (Å²) >= 11 is 0. The second kappa shape index (κ2) is 13.0. The fourth-order valence-corrected chi connectivity index (χ4v) is 14.6. The van der Waals surface area contributed by atoms with Crippen molar-refractivity contribution in [3.05, 3.63) is 35.9 Å². The highest BCUT2D eigenvalue weighted by Gasteiger charge is 2.94. The highest BCUT2D eigenvalue weighted by Crippen LogP contribution is 2.85. The average molecular weight is 742 g/mol. The molecule has 5 aliphatic carbocycles. The van der Waals surface area contributed by atoms with Gasteiger partial charge in [-0.15, -0.1) is 0 Å². The first-order valence-corrected chi connectivity index (χ1v) is 19.5. The lowest BCUT2D eigenvalue weighted by atomic mass is 9.41. The van der Waals surface area contributed by atoms with E-state index in [4.69, 9.17) is 23.7 Å². The van der Waals surface area contributed by atoms with Gasteiger partial charge in [0.15, 0.2) is 5.60 Å². The van der Waals surface area contributed by atoms with E-state index in [9.17, 15) is 34.8 Å². The van der Waals surface area contributed by atoms with Crippen LogP contribution in [-0.4, -0.2) is 132 Å². The molecule has 0 amide bonds. The van der Waals surface area contributed by atoms with E-state index >= 15 is 0 Å². The van der Waals surface area contributed by atoms with Crippen LogP contribution in [0.15, 0.2) is 30.3 Å². The molecule has 1 aromatic carbocycles. The smallest absolute Gasteiger partial charge is 0.338 e. The first-order valence-electron chi connectivity index (χ1n) is 19.5. The van der Waals surface area contributed by atoms with E-state index in [0.717, 1.165) is 12.8 Å². The summed E-state index contributed by atoms with van der Waals surface area (Å²) in [5.41, 5.74) is -6.59. The molecule has 7 fully saturated rings. The lowest BCUT2D eigenvalue weighted by Crippen LogP contribution is -2.81. The number of methoxy groups -OCH3 is 3. The molecule has 4 N–H and O–H groups in total. The third-order valence-electron chi connectivity index (χ3n) is 15.5. The van der Waals surface area contributed by atoms with Gasteiger partial charge in [0, 0.05) is 69.4 Å². The number of fused-ring (bicyclic) bond motifs is 1.